The maximum absolute atomic E-state index is 14.1. The Kier molecular flexibility index (Phi) is 7.68. The zero-order chi connectivity index (χ0) is 31.0. The van der Waals surface area contributed by atoms with E-state index in [1.54, 1.807) is 0 Å². The largest absolute Gasteiger partial charge is 0.481 e. The number of hydrogen-bond donors (Lipinski definition) is 1. The number of pyridine rings is 1. The summed E-state index contributed by atoms with van der Waals surface area (Å²) in [5.41, 5.74) is 1.04. The molecule has 5 aliphatic carbocycles. The molecule has 7 rings (SSSR count). The number of rotatable bonds is 10. The Morgan fingerprint density at radius 3 is 2.80 bits per heavy atom. The average Bonchev–Trinajstić information content (AvgIpc) is 3.72. The molecule has 8 unspecified atom stereocenters. The molecule has 2 heterocycles. The Labute approximate surface area is 264 Å². The average molecular weight is 603 g/mol. The monoisotopic (exact) mass is 602 g/mol. The van der Waals surface area contributed by atoms with Gasteiger partial charge in [-0.15, -0.1) is 0 Å². The summed E-state index contributed by atoms with van der Waals surface area (Å²) in [5, 5.41) is 11.5. The molecule has 240 valence electrons. The number of carbonyl (C=O) groups excluding carboxylic acids is 1. The van der Waals surface area contributed by atoms with Gasteiger partial charge in [0.2, 0.25) is 0 Å². The SMILES string of the molecule is CCCCC1CC(C23C[C@@H]4[C@H](C)CC[C@H]4C4(C=O)CC2C=C(C(C)C)C34C(=O)O)OC1CN(C)C1CCCc2cccnc21. The fourth-order valence-corrected chi connectivity index (χ4v) is 12.4. The molecule has 0 aromatic carbocycles. The summed E-state index contributed by atoms with van der Waals surface area (Å²) in [4.78, 5) is 34.9. The molecule has 1 aliphatic heterocycles. The van der Waals surface area contributed by atoms with Crippen LogP contribution in [0.3, 0.4) is 0 Å². The predicted molar refractivity (Wildman–Crippen MR) is 171 cm³/mol. The molecule has 1 N–H and O–H groups in total. The second-order valence-corrected chi connectivity index (χ2v) is 16.1. The van der Waals surface area contributed by atoms with E-state index in [1.807, 2.05) is 6.20 Å². The van der Waals surface area contributed by atoms with Crippen LogP contribution in [0.5, 0.6) is 0 Å². The molecule has 6 nitrogen and oxygen atoms in total. The zero-order valence-electron chi connectivity index (χ0n) is 27.6. The number of ether oxygens (including phenoxy) is 1. The third kappa shape index (κ3) is 3.88. The number of aldehydes is 1. The lowest BCUT2D eigenvalue weighted by Gasteiger charge is -2.60. The van der Waals surface area contributed by atoms with Crippen LogP contribution >= 0.6 is 0 Å². The highest BCUT2D eigenvalue weighted by Gasteiger charge is 2.86. The number of aliphatic carboxylic acids is 1. The Morgan fingerprint density at radius 2 is 2.07 bits per heavy atom. The smallest absolute Gasteiger partial charge is 0.315 e. The topological polar surface area (TPSA) is 79.7 Å². The quantitative estimate of drug-likeness (QED) is 0.224. The Balaban J connectivity index is 1.27. The normalized spacial score (nSPS) is 43.8. The Morgan fingerprint density at radius 1 is 1.25 bits per heavy atom. The second-order valence-electron chi connectivity index (χ2n) is 16.1. The number of aromatic nitrogens is 1. The van der Waals surface area contributed by atoms with Crippen LogP contribution < -0.4 is 0 Å². The van der Waals surface area contributed by atoms with E-state index in [-0.39, 0.29) is 36.0 Å². The van der Waals surface area contributed by atoms with Crippen LogP contribution in [0.2, 0.25) is 0 Å². The molecule has 4 bridgehead atoms. The standard InChI is InChI=1S/C38H54N2O4/c1-6-7-10-26-17-33(44-32(26)21-40(5)31-13-8-11-25-12-9-16-39-34(25)31)37-20-28-24(4)14-15-29(28)36(22-41)19-27(37)18-30(23(2)3)38(36,37)35(42)43/h9,12,16,18,22-24,26-29,31-33H,6-8,10-11,13-15,17,19-21H2,1-5H3,(H,42,43)/t24-,26?,27?,28-,29-,31?,32?,33?,36?,37?,38?/m1/s1. The van der Waals surface area contributed by atoms with Crippen molar-refractivity contribution in [2.45, 2.75) is 117 Å². The fraction of sp³-hybridized carbons (Fsp3) is 0.763. The van der Waals surface area contributed by atoms with Crippen LogP contribution in [-0.4, -0.2) is 53.0 Å². The fourth-order valence-electron chi connectivity index (χ4n) is 12.4. The van der Waals surface area contributed by atoms with Crippen molar-refractivity contribution in [3.05, 3.63) is 41.2 Å². The molecular weight excluding hydrogens is 548 g/mol. The number of carbonyl (C=O) groups is 2. The lowest BCUT2D eigenvalue weighted by atomic mass is 9.41. The molecule has 1 saturated heterocycles. The molecule has 6 aliphatic rings. The highest BCUT2D eigenvalue weighted by Crippen LogP contribution is 2.84. The third-order valence-corrected chi connectivity index (χ3v) is 14.0. The van der Waals surface area contributed by atoms with Gasteiger partial charge >= 0.3 is 5.97 Å². The Bertz CT molecular complexity index is 1330. The third-order valence-electron chi connectivity index (χ3n) is 14.0. The van der Waals surface area contributed by atoms with Crippen LogP contribution in [-0.2, 0) is 20.7 Å². The molecule has 1 aromatic rings. The molecule has 0 amide bonds. The number of carboxylic acid groups (broad SMARTS) is 1. The maximum atomic E-state index is 14.1. The number of aryl methyl sites for hydroxylation is 1. The van der Waals surface area contributed by atoms with Crippen molar-refractivity contribution >= 4 is 12.3 Å². The van der Waals surface area contributed by atoms with Gasteiger partial charge in [-0.2, -0.15) is 0 Å². The van der Waals surface area contributed by atoms with Crippen LogP contribution in [0.25, 0.3) is 0 Å². The summed E-state index contributed by atoms with van der Waals surface area (Å²) in [6.07, 6.45) is 16.6. The lowest BCUT2D eigenvalue weighted by Crippen LogP contribution is -2.65. The first-order chi connectivity index (χ1) is 21.2. The number of carboxylic acids is 1. The van der Waals surface area contributed by atoms with Gasteiger partial charge < -0.3 is 14.6 Å². The summed E-state index contributed by atoms with van der Waals surface area (Å²) in [7, 11) is 2.24. The second kappa shape index (κ2) is 11.0. The minimum absolute atomic E-state index is 0.0534. The van der Waals surface area contributed by atoms with E-state index in [0.29, 0.717) is 24.2 Å². The number of hydrogen-bond acceptors (Lipinski definition) is 5. The van der Waals surface area contributed by atoms with Crippen molar-refractivity contribution in [3.63, 3.8) is 0 Å². The van der Waals surface area contributed by atoms with Crippen molar-refractivity contribution in [1.29, 1.82) is 0 Å². The van der Waals surface area contributed by atoms with Gasteiger partial charge in [0.05, 0.1) is 29.4 Å². The highest BCUT2D eigenvalue weighted by atomic mass is 16.5. The molecule has 0 spiro atoms. The number of allylic oxidation sites excluding steroid dienone is 1. The van der Waals surface area contributed by atoms with Crippen LogP contribution in [0.4, 0.5) is 0 Å². The summed E-state index contributed by atoms with van der Waals surface area (Å²) in [6, 6.07) is 4.57. The van der Waals surface area contributed by atoms with Gasteiger partial charge in [0, 0.05) is 18.2 Å². The van der Waals surface area contributed by atoms with Gasteiger partial charge in [-0.25, -0.2) is 0 Å². The van der Waals surface area contributed by atoms with Gasteiger partial charge in [0.25, 0.3) is 0 Å². The van der Waals surface area contributed by atoms with Gasteiger partial charge in [-0.05, 0) is 106 Å². The summed E-state index contributed by atoms with van der Waals surface area (Å²) in [6.45, 7) is 9.72. The van der Waals surface area contributed by atoms with E-state index < -0.39 is 22.2 Å². The number of likely N-dealkylation sites (N-methyl/N-ethyl adjacent to an activating group) is 1. The van der Waals surface area contributed by atoms with Crippen molar-refractivity contribution < 1.29 is 19.4 Å². The van der Waals surface area contributed by atoms with Gasteiger partial charge in [-0.3, -0.25) is 14.7 Å². The first-order valence-electron chi connectivity index (χ1n) is 17.9. The minimum Gasteiger partial charge on any atom is -0.481 e. The number of nitrogens with zero attached hydrogens (tertiary/aromatic N) is 2. The van der Waals surface area contributed by atoms with Crippen molar-refractivity contribution in [3.8, 4) is 0 Å². The molecule has 1 aromatic heterocycles. The Hall–Kier alpha value is -2.05. The van der Waals surface area contributed by atoms with Crippen LogP contribution in [0, 0.1) is 51.8 Å². The molecule has 3 saturated carbocycles. The molecule has 11 atom stereocenters. The lowest BCUT2D eigenvalue weighted by molar-refractivity contribution is -0.197. The van der Waals surface area contributed by atoms with E-state index in [0.717, 1.165) is 76.2 Å². The summed E-state index contributed by atoms with van der Waals surface area (Å²) in [5.74, 6) is 0.864. The molecule has 44 heavy (non-hydrogen) atoms. The van der Waals surface area contributed by atoms with Gasteiger partial charge in [0.1, 0.15) is 11.7 Å². The molecule has 4 fully saturated rings. The number of unbranched alkanes of at least 4 members (excludes halogenated alkanes) is 1. The first kappa shape index (κ1) is 30.6. The van der Waals surface area contributed by atoms with E-state index in [9.17, 15) is 14.7 Å². The number of fused-ring (bicyclic) bond motifs is 3. The first-order valence-corrected chi connectivity index (χ1v) is 17.9. The van der Waals surface area contributed by atoms with Crippen molar-refractivity contribution in [2.75, 3.05) is 13.6 Å². The summed E-state index contributed by atoms with van der Waals surface area (Å²) >= 11 is 0. The predicted octanol–water partition coefficient (Wildman–Crippen LogP) is 7.28. The van der Waals surface area contributed by atoms with E-state index in [2.05, 4.69) is 57.9 Å². The van der Waals surface area contributed by atoms with Gasteiger partial charge in [-0.1, -0.05) is 64.7 Å². The molecule has 6 heteroatoms. The van der Waals surface area contributed by atoms with E-state index in [4.69, 9.17) is 9.72 Å². The zero-order valence-corrected chi connectivity index (χ0v) is 27.6. The maximum Gasteiger partial charge on any atom is 0.315 e. The van der Waals surface area contributed by atoms with Gasteiger partial charge in [0.15, 0.2) is 0 Å². The van der Waals surface area contributed by atoms with Crippen molar-refractivity contribution in [2.24, 2.45) is 51.8 Å². The molecular formula is C38H54N2O4. The molecule has 0 radical (unpaired) electrons. The van der Waals surface area contributed by atoms with Crippen LogP contribution in [0.15, 0.2) is 30.0 Å². The van der Waals surface area contributed by atoms with Crippen LogP contribution in [0.1, 0.15) is 109 Å². The van der Waals surface area contributed by atoms with E-state index >= 15 is 0 Å². The summed E-state index contributed by atoms with van der Waals surface area (Å²) < 4.78 is 7.36. The van der Waals surface area contributed by atoms with E-state index in [1.165, 1.54) is 17.7 Å². The highest BCUT2D eigenvalue weighted by molar-refractivity contribution is 5.90. The minimum atomic E-state index is -1.17. The van der Waals surface area contributed by atoms with Crippen molar-refractivity contribution in [1.82, 2.24) is 9.88 Å².